The molecule has 2 atom stereocenters. The number of nitrogens with zero attached hydrogens (tertiary/aromatic N) is 1. The molecule has 2 heterocycles. The summed E-state index contributed by atoms with van der Waals surface area (Å²) in [4.78, 5) is 5.29. The fourth-order valence-electron chi connectivity index (χ4n) is 7.63. The van der Waals surface area contributed by atoms with Gasteiger partial charge in [-0.2, -0.15) is 0 Å². The van der Waals surface area contributed by atoms with Gasteiger partial charge in [0.15, 0.2) is 0 Å². The largest absolute Gasteiger partial charge is 0.455 e. The van der Waals surface area contributed by atoms with Crippen molar-refractivity contribution in [2.24, 2.45) is 4.99 Å². The Morgan fingerprint density at radius 3 is 2.00 bits per heavy atom. The van der Waals surface area contributed by atoms with Crippen LogP contribution in [0.15, 0.2) is 185 Å². The lowest BCUT2D eigenvalue weighted by atomic mass is 9.93. The Kier molecular flexibility index (Phi) is 7.00. The summed E-state index contributed by atoms with van der Waals surface area (Å²) in [5.74, 6) is 0.857. The molecular formula is C47H33N3O. The van der Waals surface area contributed by atoms with Crippen molar-refractivity contribution in [1.29, 1.82) is 0 Å². The molecule has 0 aliphatic carbocycles. The summed E-state index contributed by atoms with van der Waals surface area (Å²) in [7, 11) is 0. The summed E-state index contributed by atoms with van der Waals surface area (Å²) < 4.78 is 6.73. The maximum absolute atomic E-state index is 6.73. The van der Waals surface area contributed by atoms with E-state index in [0.717, 1.165) is 60.8 Å². The number of rotatable bonds is 5. The van der Waals surface area contributed by atoms with Gasteiger partial charge in [-0.15, -0.1) is 0 Å². The van der Waals surface area contributed by atoms with Crippen molar-refractivity contribution in [3.63, 3.8) is 0 Å². The number of amidine groups is 1. The van der Waals surface area contributed by atoms with E-state index in [1.54, 1.807) is 0 Å². The number of hydrogen-bond donors (Lipinski definition) is 2. The van der Waals surface area contributed by atoms with E-state index in [4.69, 9.17) is 9.41 Å². The first-order valence-corrected chi connectivity index (χ1v) is 17.4. The van der Waals surface area contributed by atoms with Crippen molar-refractivity contribution in [2.75, 3.05) is 0 Å². The molecule has 1 aromatic heterocycles. The second-order valence-electron chi connectivity index (χ2n) is 13.2. The van der Waals surface area contributed by atoms with E-state index < -0.39 is 0 Å². The SMILES string of the molecule is c1ccc(C2=NC(c3cccc4oc5c6ccccc6c(-c6ccc(-c7ccc8ccccc8c7)cc6)cc5c34)NC(c3ccccc3)N2)cc1. The molecule has 0 spiro atoms. The Morgan fingerprint density at radius 1 is 0.490 bits per heavy atom. The summed E-state index contributed by atoms with van der Waals surface area (Å²) in [5, 5.41) is 14.4. The number of benzene rings is 8. The second-order valence-corrected chi connectivity index (χ2v) is 13.2. The molecule has 0 bridgehead atoms. The Labute approximate surface area is 295 Å². The van der Waals surface area contributed by atoms with E-state index in [2.05, 4.69) is 174 Å². The molecule has 0 amide bonds. The van der Waals surface area contributed by atoms with Crippen LogP contribution >= 0.6 is 0 Å². The molecule has 4 nitrogen and oxygen atoms in total. The van der Waals surface area contributed by atoms with E-state index in [-0.39, 0.29) is 12.3 Å². The first-order chi connectivity index (χ1) is 25.3. The van der Waals surface area contributed by atoms with Crippen LogP contribution < -0.4 is 10.6 Å². The normalized spacial score (nSPS) is 16.0. The van der Waals surface area contributed by atoms with Gasteiger partial charge in [-0.05, 0) is 62.2 Å². The van der Waals surface area contributed by atoms with Gasteiger partial charge in [0.05, 0.1) is 0 Å². The summed E-state index contributed by atoms with van der Waals surface area (Å²) in [6.45, 7) is 0. The van der Waals surface area contributed by atoms with Crippen molar-refractivity contribution in [3.05, 3.63) is 193 Å². The molecule has 51 heavy (non-hydrogen) atoms. The first-order valence-electron chi connectivity index (χ1n) is 17.4. The molecule has 0 radical (unpaired) electrons. The Bertz CT molecular complexity index is 2750. The predicted octanol–water partition coefficient (Wildman–Crippen LogP) is 11.6. The molecule has 0 saturated carbocycles. The first kappa shape index (κ1) is 29.4. The van der Waals surface area contributed by atoms with E-state index in [0.29, 0.717) is 0 Å². The minimum atomic E-state index is -0.313. The Morgan fingerprint density at radius 2 is 1.18 bits per heavy atom. The third-order valence-corrected chi connectivity index (χ3v) is 10.2. The average molecular weight is 656 g/mol. The molecule has 0 fully saturated rings. The molecule has 1 aliphatic rings. The molecule has 242 valence electrons. The fourth-order valence-corrected chi connectivity index (χ4v) is 7.63. The minimum Gasteiger partial charge on any atom is -0.455 e. The van der Waals surface area contributed by atoms with Gasteiger partial charge < -0.3 is 9.73 Å². The molecular weight excluding hydrogens is 623 g/mol. The molecule has 8 aromatic carbocycles. The van der Waals surface area contributed by atoms with Gasteiger partial charge in [0.2, 0.25) is 0 Å². The number of aliphatic imine (C=N–C) groups is 1. The van der Waals surface area contributed by atoms with Gasteiger partial charge in [0.1, 0.15) is 29.3 Å². The van der Waals surface area contributed by atoms with Gasteiger partial charge >= 0.3 is 0 Å². The topological polar surface area (TPSA) is 49.6 Å². The fraction of sp³-hybridized carbons (Fsp3) is 0.0426. The summed E-state index contributed by atoms with van der Waals surface area (Å²) in [6.07, 6.45) is -0.442. The molecule has 10 rings (SSSR count). The van der Waals surface area contributed by atoms with Gasteiger partial charge in [-0.3, -0.25) is 5.32 Å². The highest BCUT2D eigenvalue weighted by Gasteiger charge is 2.28. The number of furan rings is 1. The van der Waals surface area contributed by atoms with Crippen molar-refractivity contribution >= 4 is 49.3 Å². The van der Waals surface area contributed by atoms with Crippen LogP contribution in [-0.2, 0) is 0 Å². The third kappa shape index (κ3) is 5.16. The molecule has 9 aromatic rings. The predicted molar refractivity (Wildman–Crippen MR) is 211 cm³/mol. The van der Waals surface area contributed by atoms with Crippen LogP contribution in [0, 0.1) is 0 Å². The minimum absolute atomic E-state index is 0.130. The van der Waals surface area contributed by atoms with Gasteiger partial charge in [0, 0.05) is 27.3 Å². The lowest BCUT2D eigenvalue weighted by Crippen LogP contribution is -2.44. The Balaban J connectivity index is 1.13. The van der Waals surface area contributed by atoms with Crippen molar-refractivity contribution in [2.45, 2.75) is 12.3 Å². The van der Waals surface area contributed by atoms with Crippen molar-refractivity contribution in [3.8, 4) is 22.3 Å². The smallest absolute Gasteiger partial charge is 0.143 e. The maximum atomic E-state index is 6.73. The summed E-state index contributed by atoms with van der Waals surface area (Å²) in [5.41, 5.74) is 9.77. The Hall–Kier alpha value is -6.49. The average Bonchev–Trinajstić information content (AvgIpc) is 3.60. The van der Waals surface area contributed by atoms with Crippen LogP contribution in [0.4, 0.5) is 0 Å². The molecule has 1 aliphatic heterocycles. The third-order valence-electron chi connectivity index (χ3n) is 10.2. The highest BCUT2D eigenvalue weighted by atomic mass is 16.3. The molecule has 2 N–H and O–H groups in total. The molecule has 4 heteroatoms. The van der Waals surface area contributed by atoms with Gasteiger partial charge in [-0.25, -0.2) is 4.99 Å². The molecule has 0 saturated heterocycles. The van der Waals surface area contributed by atoms with E-state index in [1.165, 1.54) is 27.5 Å². The standard InChI is InChI=1S/C47H33N3O/c1-3-13-33(14-4-1)45-48-46(34-15-5-2-6-16-34)50-47(49-45)39-20-11-21-42-43(39)41-29-40(37-18-9-10-19-38(37)44(41)51-42)32-25-22-31(23-26-32)36-27-24-30-12-7-8-17-35(30)28-36/h1-29,45,47,49H,(H,48,50). The van der Waals surface area contributed by atoms with E-state index >= 15 is 0 Å². The molecule has 2 unspecified atom stereocenters. The van der Waals surface area contributed by atoms with Crippen LogP contribution in [0.2, 0.25) is 0 Å². The quantitative estimate of drug-likeness (QED) is 0.194. The van der Waals surface area contributed by atoms with Crippen molar-refractivity contribution < 1.29 is 4.42 Å². The monoisotopic (exact) mass is 655 g/mol. The maximum Gasteiger partial charge on any atom is 0.143 e. The van der Waals surface area contributed by atoms with Crippen molar-refractivity contribution in [1.82, 2.24) is 10.6 Å². The summed E-state index contributed by atoms with van der Waals surface area (Å²) in [6, 6.07) is 62.2. The number of nitrogens with one attached hydrogen (secondary N) is 2. The highest BCUT2D eigenvalue weighted by Crippen LogP contribution is 2.43. The zero-order chi connectivity index (χ0) is 33.7. The second kappa shape index (κ2) is 12.1. The van der Waals surface area contributed by atoms with E-state index in [9.17, 15) is 0 Å². The highest BCUT2D eigenvalue weighted by molar-refractivity contribution is 6.20. The van der Waals surface area contributed by atoms with Gasteiger partial charge in [-0.1, -0.05) is 158 Å². The van der Waals surface area contributed by atoms with Crippen LogP contribution in [0.5, 0.6) is 0 Å². The zero-order valence-electron chi connectivity index (χ0n) is 27.8. The van der Waals surface area contributed by atoms with Gasteiger partial charge in [0.25, 0.3) is 0 Å². The number of hydrogen-bond acceptors (Lipinski definition) is 4. The number of fused-ring (bicyclic) bond motifs is 6. The van der Waals surface area contributed by atoms with Crippen LogP contribution in [0.1, 0.15) is 29.0 Å². The lowest BCUT2D eigenvalue weighted by Gasteiger charge is -2.32. The summed E-state index contributed by atoms with van der Waals surface area (Å²) >= 11 is 0. The van der Waals surface area contributed by atoms with Crippen LogP contribution in [0.3, 0.4) is 0 Å². The lowest BCUT2D eigenvalue weighted by molar-refractivity contribution is 0.410. The van der Waals surface area contributed by atoms with Crippen LogP contribution in [-0.4, -0.2) is 5.84 Å². The van der Waals surface area contributed by atoms with E-state index in [1.807, 2.05) is 12.1 Å². The van der Waals surface area contributed by atoms with Crippen LogP contribution in [0.25, 0.3) is 65.7 Å². The zero-order valence-corrected chi connectivity index (χ0v) is 27.8.